The number of rotatable bonds is 6. The number of hydrogen-bond acceptors (Lipinski definition) is 5. The molecule has 2 rings (SSSR count). The maximum atomic E-state index is 8.81. The van der Waals surface area contributed by atoms with Gasteiger partial charge in [0.25, 0.3) is 0 Å². The van der Waals surface area contributed by atoms with Gasteiger partial charge in [-0.05, 0) is 48.1 Å². The van der Waals surface area contributed by atoms with Crippen molar-refractivity contribution in [2.45, 2.75) is 13.0 Å². The summed E-state index contributed by atoms with van der Waals surface area (Å²) >= 11 is 2.03. The summed E-state index contributed by atoms with van der Waals surface area (Å²) in [7, 11) is 1.57. The lowest BCUT2D eigenvalue weighted by Gasteiger charge is -2.12. The Bertz CT molecular complexity index is 473. The van der Waals surface area contributed by atoms with Gasteiger partial charge in [-0.25, -0.2) is 0 Å². The highest BCUT2D eigenvalue weighted by Gasteiger charge is 2.15. The number of methoxy groups -OCH3 is 1. The third-order valence-corrected chi connectivity index (χ3v) is 4.67. The van der Waals surface area contributed by atoms with E-state index in [0.29, 0.717) is 11.3 Å². The van der Waals surface area contributed by atoms with E-state index >= 15 is 0 Å². The van der Waals surface area contributed by atoms with E-state index in [9.17, 15) is 0 Å². The van der Waals surface area contributed by atoms with Crippen molar-refractivity contribution in [3.63, 3.8) is 0 Å². The molecule has 1 fully saturated rings. The molecular weight excluding hydrogens is 274 g/mol. The number of nitrogens with one attached hydrogen (secondary N) is 1. The highest BCUT2D eigenvalue weighted by molar-refractivity contribution is 7.99. The van der Waals surface area contributed by atoms with Crippen LogP contribution >= 0.6 is 11.8 Å². The first kappa shape index (κ1) is 15.0. The number of nitrogens with two attached hydrogens (primary N) is 1. The van der Waals surface area contributed by atoms with Crippen LogP contribution in [0.5, 0.6) is 5.75 Å². The Hall–Kier alpha value is -1.40. The molecule has 1 unspecified atom stereocenters. The topological polar surface area (TPSA) is 79.9 Å². The van der Waals surface area contributed by atoms with Gasteiger partial charge in [0.1, 0.15) is 5.75 Å². The molecule has 1 saturated heterocycles. The van der Waals surface area contributed by atoms with Crippen LogP contribution in [0.3, 0.4) is 0 Å². The van der Waals surface area contributed by atoms with Gasteiger partial charge in [-0.2, -0.15) is 11.8 Å². The van der Waals surface area contributed by atoms with Gasteiger partial charge in [-0.1, -0.05) is 11.2 Å². The summed E-state index contributed by atoms with van der Waals surface area (Å²) in [6, 6.07) is 5.73. The van der Waals surface area contributed by atoms with E-state index in [4.69, 9.17) is 15.7 Å². The molecule has 0 spiro atoms. The Labute approximate surface area is 123 Å². The van der Waals surface area contributed by atoms with Crippen LogP contribution in [-0.2, 0) is 6.54 Å². The van der Waals surface area contributed by atoms with Crippen LogP contribution < -0.4 is 15.8 Å². The molecular formula is C14H21N3O2S. The van der Waals surface area contributed by atoms with Crippen molar-refractivity contribution in [2.75, 3.05) is 25.2 Å². The Morgan fingerprint density at radius 3 is 3.10 bits per heavy atom. The van der Waals surface area contributed by atoms with Crippen molar-refractivity contribution < 1.29 is 9.94 Å². The summed E-state index contributed by atoms with van der Waals surface area (Å²) in [6.07, 6.45) is 1.30. The lowest BCUT2D eigenvalue weighted by molar-refractivity contribution is 0.318. The van der Waals surface area contributed by atoms with Crippen molar-refractivity contribution in [1.82, 2.24) is 5.32 Å². The van der Waals surface area contributed by atoms with E-state index in [-0.39, 0.29) is 5.84 Å². The van der Waals surface area contributed by atoms with Crippen LogP contribution in [0.1, 0.15) is 17.5 Å². The second-order valence-electron chi connectivity index (χ2n) is 4.88. The minimum atomic E-state index is 0.0656. The Kier molecular flexibility index (Phi) is 5.55. The minimum Gasteiger partial charge on any atom is -0.496 e. The van der Waals surface area contributed by atoms with Gasteiger partial charge >= 0.3 is 0 Å². The zero-order chi connectivity index (χ0) is 14.4. The maximum absolute atomic E-state index is 8.81. The SMILES string of the molecule is COc1ccc(CNCC2CCSC2)cc1/C(N)=N/O. The molecule has 1 heterocycles. The van der Waals surface area contributed by atoms with Gasteiger partial charge in [-0.15, -0.1) is 0 Å². The lowest BCUT2D eigenvalue weighted by atomic mass is 10.1. The van der Waals surface area contributed by atoms with Gasteiger partial charge in [0.2, 0.25) is 0 Å². The molecule has 4 N–H and O–H groups in total. The maximum Gasteiger partial charge on any atom is 0.173 e. The molecule has 1 aromatic carbocycles. The largest absolute Gasteiger partial charge is 0.496 e. The van der Waals surface area contributed by atoms with Gasteiger partial charge in [0.05, 0.1) is 12.7 Å². The predicted molar refractivity (Wildman–Crippen MR) is 82.6 cm³/mol. The molecule has 0 aliphatic carbocycles. The summed E-state index contributed by atoms with van der Waals surface area (Å²) in [5.41, 5.74) is 7.38. The molecule has 20 heavy (non-hydrogen) atoms. The third-order valence-electron chi connectivity index (χ3n) is 3.43. The molecule has 0 amide bonds. The van der Waals surface area contributed by atoms with E-state index in [1.807, 2.05) is 30.0 Å². The van der Waals surface area contributed by atoms with Crippen LogP contribution in [-0.4, -0.2) is 36.2 Å². The first-order valence-corrected chi connectivity index (χ1v) is 7.83. The van der Waals surface area contributed by atoms with Crippen molar-refractivity contribution in [1.29, 1.82) is 0 Å². The summed E-state index contributed by atoms with van der Waals surface area (Å²) in [5.74, 6) is 3.99. The van der Waals surface area contributed by atoms with Gasteiger partial charge < -0.3 is 21.0 Å². The molecule has 1 aliphatic heterocycles. The Morgan fingerprint density at radius 2 is 2.45 bits per heavy atom. The first-order chi connectivity index (χ1) is 9.74. The number of hydrogen-bond donors (Lipinski definition) is 3. The van der Waals surface area contributed by atoms with Crippen LogP contribution in [0.15, 0.2) is 23.4 Å². The predicted octanol–water partition coefficient (Wildman–Crippen LogP) is 1.63. The fourth-order valence-corrected chi connectivity index (χ4v) is 3.57. The molecule has 0 aromatic heterocycles. The highest BCUT2D eigenvalue weighted by atomic mass is 32.2. The zero-order valence-corrected chi connectivity index (χ0v) is 12.4. The van der Waals surface area contributed by atoms with Gasteiger partial charge in [0, 0.05) is 6.54 Å². The summed E-state index contributed by atoms with van der Waals surface area (Å²) in [5, 5.41) is 15.3. The number of nitrogens with zero attached hydrogens (tertiary/aromatic N) is 1. The van der Waals surface area contributed by atoms with Crippen molar-refractivity contribution >= 4 is 17.6 Å². The van der Waals surface area contributed by atoms with Crippen molar-refractivity contribution in [3.05, 3.63) is 29.3 Å². The average molecular weight is 295 g/mol. The Morgan fingerprint density at radius 1 is 1.60 bits per heavy atom. The molecule has 5 nitrogen and oxygen atoms in total. The molecule has 0 saturated carbocycles. The molecule has 1 aliphatic rings. The standard InChI is InChI=1S/C14H21N3O2S/c1-19-13-3-2-10(6-12(13)14(15)17-18)7-16-8-11-4-5-20-9-11/h2-3,6,11,16,18H,4-5,7-9H2,1H3,(H2,15,17). The molecule has 0 radical (unpaired) electrons. The fraction of sp³-hybridized carbons (Fsp3) is 0.500. The normalized spacial score (nSPS) is 19.2. The van der Waals surface area contributed by atoms with Crippen LogP contribution in [0.2, 0.25) is 0 Å². The summed E-state index contributed by atoms with van der Waals surface area (Å²) in [6.45, 7) is 1.81. The lowest BCUT2D eigenvalue weighted by Crippen LogP contribution is -2.22. The summed E-state index contributed by atoms with van der Waals surface area (Å²) in [4.78, 5) is 0. The fourth-order valence-electron chi connectivity index (χ4n) is 2.28. The van der Waals surface area contributed by atoms with Gasteiger partial charge in [-0.3, -0.25) is 0 Å². The molecule has 1 aromatic rings. The number of amidine groups is 1. The van der Waals surface area contributed by atoms with E-state index in [1.165, 1.54) is 17.9 Å². The number of oxime groups is 1. The smallest absolute Gasteiger partial charge is 0.173 e. The first-order valence-electron chi connectivity index (χ1n) is 6.68. The number of thioether (sulfide) groups is 1. The Balaban J connectivity index is 1.97. The second kappa shape index (κ2) is 7.40. The van der Waals surface area contributed by atoms with E-state index in [2.05, 4.69) is 10.5 Å². The molecule has 110 valence electrons. The highest BCUT2D eigenvalue weighted by Crippen LogP contribution is 2.23. The quantitative estimate of drug-likeness (QED) is 0.322. The van der Waals surface area contributed by atoms with Crippen LogP contribution in [0.25, 0.3) is 0 Å². The van der Waals surface area contributed by atoms with Crippen molar-refractivity contribution in [3.8, 4) is 5.75 Å². The monoisotopic (exact) mass is 295 g/mol. The zero-order valence-electron chi connectivity index (χ0n) is 11.6. The van der Waals surface area contributed by atoms with Crippen LogP contribution in [0, 0.1) is 5.92 Å². The molecule has 0 bridgehead atoms. The number of benzene rings is 1. The summed E-state index contributed by atoms with van der Waals surface area (Å²) < 4.78 is 5.21. The average Bonchev–Trinajstić information content (AvgIpc) is 2.99. The molecule has 6 heteroatoms. The van der Waals surface area contributed by atoms with E-state index in [1.54, 1.807) is 7.11 Å². The van der Waals surface area contributed by atoms with Crippen molar-refractivity contribution in [2.24, 2.45) is 16.8 Å². The van der Waals surface area contributed by atoms with Crippen LogP contribution in [0.4, 0.5) is 0 Å². The third kappa shape index (κ3) is 3.80. The minimum absolute atomic E-state index is 0.0656. The molecule has 1 atom stereocenters. The number of ether oxygens (including phenoxy) is 1. The second-order valence-corrected chi connectivity index (χ2v) is 6.03. The van der Waals surface area contributed by atoms with Gasteiger partial charge in [0.15, 0.2) is 5.84 Å². The van der Waals surface area contributed by atoms with E-state index < -0.39 is 0 Å². The van der Waals surface area contributed by atoms with E-state index in [0.717, 1.165) is 24.6 Å².